The van der Waals surface area contributed by atoms with Gasteiger partial charge in [0.05, 0.1) is 0 Å². The Bertz CT molecular complexity index is 1290. The zero-order chi connectivity index (χ0) is 57.8. The molecule has 0 fully saturated rings. The van der Waals surface area contributed by atoms with Crippen LogP contribution in [0.2, 0.25) is 0 Å². The van der Waals surface area contributed by atoms with Crippen molar-refractivity contribution in [1.82, 2.24) is 0 Å². The molecule has 1 unspecified atom stereocenters. The summed E-state index contributed by atoms with van der Waals surface area (Å²) in [6.07, 6.45) is 85.3. The molecule has 0 amide bonds. The summed E-state index contributed by atoms with van der Waals surface area (Å²) >= 11 is 0. The number of esters is 3. The van der Waals surface area contributed by atoms with Crippen molar-refractivity contribution in [3.8, 4) is 0 Å². The van der Waals surface area contributed by atoms with Gasteiger partial charge in [0, 0.05) is 19.3 Å². The van der Waals surface area contributed by atoms with Gasteiger partial charge >= 0.3 is 17.9 Å². The van der Waals surface area contributed by atoms with Crippen molar-refractivity contribution in [3.05, 3.63) is 24.3 Å². The van der Waals surface area contributed by atoms with Gasteiger partial charge in [-0.25, -0.2) is 0 Å². The minimum Gasteiger partial charge on any atom is -0.462 e. The summed E-state index contributed by atoms with van der Waals surface area (Å²) in [5, 5.41) is 0. The molecule has 0 heterocycles. The van der Waals surface area contributed by atoms with E-state index in [-0.39, 0.29) is 31.1 Å². The third-order valence-corrected chi connectivity index (χ3v) is 16.7. The summed E-state index contributed by atoms with van der Waals surface area (Å²) in [7, 11) is 0. The van der Waals surface area contributed by atoms with E-state index in [1.165, 1.54) is 302 Å². The Morgan fingerprint density at radius 1 is 0.237 bits per heavy atom. The molecule has 1 atom stereocenters. The van der Waals surface area contributed by atoms with Crippen molar-refractivity contribution in [3.63, 3.8) is 0 Å². The molecule has 0 radical (unpaired) electrons. The third kappa shape index (κ3) is 66.7. The normalized spacial score (nSPS) is 12.1. The molecular weight excluding hydrogens is 985 g/mol. The smallest absolute Gasteiger partial charge is 0.306 e. The minimum absolute atomic E-state index is 0.0725. The fourth-order valence-electron chi connectivity index (χ4n) is 11.2. The molecule has 0 aliphatic heterocycles. The van der Waals surface area contributed by atoms with Gasteiger partial charge in [0.2, 0.25) is 0 Å². The highest BCUT2D eigenvalue weighted by Crippen LogP contribution is 2.19. The number of allylic oxidation sites excluding steroid dienone is 4. The molecule has 0 aromatic carbocycles. The van der Waals surface area contributed by atoms with Gasteiger partial charge in [-0.15, -0.1) is 0 Å². The van der Waals surface area contributed by atoms with Crippen LogP contribution < -0.4 is 0 Å². The van der Waals surface area contributed by atoms with E-state index < -0.39 is 6.10 Å². The molecule has 0 bridgehead atoms. The molecule has 0 spiro atoms. The monoisotopic (exact) mass is 1130 g/mol. The van der Waals surface area contributed by atoms with Crippen LogP contribution in [0.4, 0.5) is 0 Å². The molecule has 0 aliphatic carbocycles. The summed E-state index contributed by atoms with van der Waals surface area (Å²) < 4.78 is 16.9. The topological polar surface area (TPSA) is 78.9 Å². The minimum atomic E-state index is -0.776. The summed E-state index contributed by atoms with van der Waals surface area (Å²) in [6, 6.07) is 0. The molecule has 6 heteroatoms. The van der Waals surface area contributed by atoms with Crippen molar-refractivity contribution in [2.75, 3.05) is 13.2 Å². The molecule has 0 aliphatic rings. The van der Waals surface area contributed by atoms with Gasteiger partial charge < -0.3 is 14.2 Å². The predicted octanol–water partition coefficient (Wildman–Crippen LogP) is 25.0. The lowest BCUT2D eigenvalue weighted by Crippen LogP contribution is -2.30. The first-order valence-electron chi connectivity index (χ1n) is 36.3. The van der Waals surface area contributed by atoms with Gasteiger partial charge in [0.1, 0.15) is 13.2 Å². The second-order valence-electron chi connectivity index (χ2n) is 24.9. The zero-order valence-electron chi connectivity index (χ0n) is 54.4. The molecule has 0 rings (SSSR count). The maximum atomic E-state index is 12.9. The molecule has 0 N–H and O–H groups in total. The average Bonchev–Trinajstić information content (AvgIpc) is 3.46. The van der Waals surface area contributed by atoms with Crippen molar-refractivity contribution >= 4 is 17.9 Å². The van der Waals surface area contributed by atoms with Crippen LogP contribution in [0.15, 0.2) is 24.3 Å². The Morgan fingerprint density at radius 3 is 0.650 bits per heavy atom. The van der Waals surface area contributed by atoms with E-state index >= 15 is 0 Å². The van der Waals surface area contributed by atoms with Crippen LogP contribution in [-0.4, -0.2) is 37.2 Å². The highest BCUT2D eigenvalue weighted by atomic mass is 16.6. The highest BCUT2D eigenvalue weighted by molar-refractivity contribution is 5.71. The van der Waals surface area contributed by atoms with Crippen molar-refractivity contribution in [2.45, 2.75) is 419 Å². The Morgan fingerprint density at radius 2 is 0.412 bits per heavy atom. The first kappa shape index (κ1) is 77.9. The first-order valence-corrected chi connectivity index (χ1v) is 36.3. The second-order valence-corrected chi connectivity index (χ2v) is 24.9. The van der Waals surface area contributed by atoms with E-state index in [1.54, 1.807) is 0 Å². The molecule has 6 nitrogen and oxygen atoms in total. The van der Waals surface area contributed by atoms with Gasteiger partial charge in [-0.2, -0.15) is 0 Å². The van der Waals surface area contributed by atoms with Gasteiger partial charge in [-0.1, -0.05) is 347 Å². The second kappa shape index (κ2) is 69.4. The summed E-state index contributed by atoms with van der Waals surface area (Å²) in [6.45, 7) is 6.67. The third-order valence-electron chi connectivity index (χ3n) is 16.7. The van der Waals surface area contributed by atoms with Crippen LogP contribution >= 0.6 is 0 Å². The molecule has 80 heavy (non-hydrogen) atoms. The maximum absolute atomic E-state index is 12.9. The number of hydrogen-bond acceptors (Lipinski definition) is 6. The zero-order valence-corrected chi connectivity index (χ0v) is 54.4. The van der Waals surface area contributed by atoms with E-state index in [4.69, 9.17) is 14.2 Å². The van der Waals surface area contributed by atoms with Crippen LogP contribution in [0.5, 0.6) is 0 Å². The van der Waals surface area contributed by atoms with E-state index in [2.05, 4.69) is 45.1 Å². The largest absolute Gasteiger partial charge is 0.462 e. The molecule has 472 valence electrons. The first-order chi connectivity index (χ1) is 39.5. The average molecular weight is 1130 g/mol. The summed E-state index contributed by atoms with van der Waals surface area (Å²) in [5.41, 5.74) is 0. The van der Waals surface area contributed by atoms with Crippen molar-refractivity contribution in [2.24, 2.45) is 0 Å². The lowest BCUT2D eigenvalue weighted by molar-refractivity contribution is -0.167. The van der Waals surface area contributed by atoms with E-state index in [0.717, 1.165) is 70.6 Å². The fraction of sp³-hybridized carbons (Fsp3) is 0.905. The fourth-order valence-corrected chi connectivity index (χ4v) is 11.2. The van der Waals surface area contributed by atoms with Crippen molar-refractivity contribution in [1.29, 1.82) is 0 Å². The van der Waals surface area contributed by atoms with Crippen LogP contribution in [0.25, 0.3) is 0 Å². The van der Waals surface area contributed by atoms with E-state index in [0.29, 0.717) is 19.3 Å². The van der Waals surface area contributed by atoms with Crippen molar-refractivity contribution < 1.29 is 28.6 Å². The Labute approximate surface area is 500 Å². The van der Waals surface area contributed by atoms with Gasteiger partial charge in [0.15, 0.2) is 6.10 Å². The Hall–Kier alpha value is -2.11. The number of hydrogen-bond donors (Lipinski definition) is 0. The van der Waals surface area contributed by atoms with Crippen LogP contribution in [0.3, 0.4) is 0 Å². The van der Waals surface area contributed by atoms with E-state index in [9.17, 15) is 14.4 Å². The lowest BCUT2D eigenvalue weighted by Gasteiger charge is -2.18. The number of carbonyl (C=O) groups is 3. The molecular formula is C74H140O6. The maximum Gasteiger partial charge on any atom is 0.306 e. The molecule has 0 saturated carbocycles. The van der Waals surface area contributed by atoms with Crippen LogP contribution in [-0.2, 0) is 28.6 Å². The quantitative estimate of drug-likeness (QED) is 0.0261. The SMILES string of the molecule is CCCCC/C=C\CCCCCCCC(=O)OCC(COC(=O)CCCCCCCCCCCCCCCCCCCCCCCCCCCCCCCCCCCCC)OC(=O)CCCCCCC/C=C\CCCCCCCC. The number of ether oxygens (including phenoxy) is 3. The summed E-state index contributed by atoms with van der Waals surface area (Å²) in [4.78, 5) is 38.3. The van der Waals surface area contributed by atoms with Gasteiger partial charge in [-0.05, 0) is 70.6 Å². The Balaban J connectivity index is 4.01. The van der Waals surface area contributed by atoms with Gasteiger partial charge in [-0.3, -0.25) is 14.4 Å². The standard InChI is InChI=1S/C74H140O6/c1-4-7-10-13-16-19-22-25-27-28-29-30-31-32-33-34-35-36-37-38-39-40-41-42-43-44-45-46-48-49-52-55-58-61-64-67-73(76)79-70-71(69-78-72(75)66-63-60-57-54-51-24-21-18-15-12-9-6-3)80-74(77)68-65-62-59-56-53-50-47-26-23-20-17-14-11-8-5-2/h18,21,26,47,71H,4-17,19-20,22-25,27-46,48-70H2,1-3H3/b21-18-,47-26-. The number of rotatable bonds is 68. The molecule has 0 aromatic heterocycles. The van der Waals surface area contributed by atoms with Crippen LogP contribution in [0.1, 0.15) is 412 Å². The Kier molecular flexibility index (Phi) is 67.6. The van der Waals surface area contributed by atoms with Crippen LogP contribution in [0, 0.1) is 0 Å². The highest BCUT2D eigenvalue weighted by Gasteiger charge is 2.19. The molecule has 0 aromatic rings. The van der Waals surface area contributed by atoms with Gasteiger partial charge in [0.25, 0.3) is 0 Å². The number of unbranched alkanes of at least 4 members (excludes halogenated alkanes) is 53. The van der Waals surface area contributed by atoms with E-state index in [1.807, 2.05) is 0 Å². The molecule has 0 saturated heterocycles. The lowest BCUT2D eigenvalue weighted by atomic mass is 10.0. The number of carbonyl (C=O) groups excluding carboxylic acids is 3. The summed E-state index contributed by atoms with van der Waals surface area (Å²) in [5.74, 6) is -0.865. The predicted molar refractivity (Wildman–Crippen MR) is 349 cm³/mol.